The second-order valence-electron chi connectivity index (χ2n) is 3.43. The fourth-order valence-electron chi connectivity index (χ4n) is 1.37. The molecule has 0 saturated heterocycles. The lowest BCUT2D eigenvalue weighted by Crippen LogP contribution is -1.96. The van der Waals surface area contributed by atoms with E-state index in [1.165, 1.54) is 11.1 Å². The molecule has 0 bridgehead atoms. The Labute approximate surface area is 90.6 Å². The number of allylic oxidation sites excluding steroid dienone is 1. The van der Waals surface area contributed by atoms with Crippen LogP contribution in [0.5, 0.6) is 0 Å². The zero-order valence-corrected chi connectivity index (χ0v) is 9.22. The first-order chi connectivity index (χ1) is 6.72. The van der Waals surface area contributed by atoms with Crippen LogP contribution in [-0.2, 0) is 6.42 Å². The maximum atomic E-state index is 5.89. The lowest BCUT2D eigenvalue weighted by Gasteiger charge is -2.02. The lowest BCUT2D eigenvalue weighted by molar-refractivity contribution is 0.981. The van der Waals surface area contributed by atoms with Crippen LogP contribution in [0.15, 0.2) is 35.9 Å². The molecule has 0 fully saturated rings. The van der Waals surface area contributed by atoms with Gasteiger partial charge in [0.05, 0.1) is 0 Å². The predicted molar refractivity (Wildman–Crippen MR) is 62.6 cm³/mol. The van der Waals surface area contributed by atoms with Crippen LogP contribution >= 0.6 is 11.6 Å². The first-order valence-corrected chi connectivity index (χ1v) is 5.20. The van der Waals surface area contributed by atoms with Gasteiger partial charge in [-0.2, -0.15) is 0 Å². The topological polar surface area (TPSA) is 26.0 Å². The van der Waals surface area contributed by atoms with E-state index in [1.807, 2.05) is 18.2 Å². The highest BCUT2D eigenvalue weighted by Crippen LogP contribution is 2.14. The molecule has 0 amide bonds. The van der Waals surface area contributed by atoms with E-state index in [9.17, 15) is 0 Å². The summed E-state index contributed by atoms with van der Waals surface area (Å²) in [5.74, 6) is 0. The van der Waals surface area contributed by atoms with Gasteiger partial charge in [0.25, 0.3) is 0 Å². The van der Waals surface area contributed by atoms with Gasteiger partial charge in [0.2, 0.25) is 0 Å². The molecule has 2 heteroatoms. The molecule has 1 aromatic carbocycles. The van der Waals surface area contributed by atoms with Crippen molar-refractivity contribution in [2.24, 2.45) is 5.73 Å². The summed E-state index contributed by atoms with van der Waals surface area (Å²) in [4.78, 5) is 0. The minimum Gasteiger partial charge on any atom is -0.330 e. The number of benzene rings is 1. The van der Waals surface area contributed by atoms with E-state index in [-0.39, 0.29) is 0 Å². The van der Waals surface area contributed by atoms with E-state index in [4.69, 9.17) is 17.3 Å². The molecule has 0 aromatic heterocycles. The molecule has 2 N–H and O–H groups in total. The van der Waals surface area contributed by atoms with Crippen LogP contribution < -0.4 is 5.73 Å². The second-order valence-corrected chi connectivity index (χ2v) is 3.87. The van der Waals surface area contributed by atoms with E-state index in [2.05, 4.69) is 19.1 Å². The molecule has 1 aromatic rings. The van der Waals surface area contributed by atoms with Crippen LogP contribution in [0.4, 0.5) is 0 Å². The van der Waals surface area contributed by atoms with E-state index >= 15 is 0 Å². The first-order valence-electron chi connectivity index (χ1n) is 4.82. The summed E-state index contributed by atoms with van der Waals surface area (Å²) in [5, 5.41) is 0.800. The normalized spacial score (nSPS) is 11.8. The Morgan fingerprint density at radius 2 is 2.29 bits per heavy atom. The van der Waals surface area contributed by atoms with Gasteiger partial charge in [0.15, 0.2) is 0 Å². The summed E-state index contributed by atoms with van der Waals surface area (Å²) >= 11 is 5.89. The highest BCUT2D eigenvalue weighted by molar-refractivity contribution is 6.30. The molecule has 0 aliphatic carbocycles. The molecule has 1 rings (SSSR count). The van der Waals surface area contributed by atoms with Crippen molar-refractivity contribution >= 4 is 11.6 Å². The van der Waals surface area contributed by atoms with Crippen molar-refractivity contribution in [1.29, 1.82) is 0 Å². The Hall–Kier alpha value is -0.790. The van der Waals surface area contributed by atoms with Gasteiger partial charge in [-0.15, -0.1) is 0 Å². The average Bonchev–Trinajstić information content (AvgIpc) is 2.15. The van der Waals surface area contributed by atoms with Crippen LogP contribution in [0.25, 0.3) is 0 Å². The van der Waals surface area contributed by atoms with Gasteiger partial charge in [-0.05, 0) is 44.0 Å². The number of hydrogen-bond acceptors (Lipinski definition) is 1. The van der Waals surface area contributed by atoms with Gasteiger partial charge in [-0.1, -0.05) is 35.4 Å². The van der Waals surface area contributed by atoms with Crippen LogP contribution in [-0.4, -0.2) is 6.54 Å². The Bertz CT molecular complexity index is 318. The van der Waals surface area contributed by atoms with Gasteiger partial charge in [0.1, 0.15) is 0 Å². The van der Waals surface area contributed by atoms with Crippen molar-refractivity contribution in [3.63, 3.8) is 0 Å². The van der Waals surface area contributed by atoms with E-state index in [1.54, 1.807) is 0 Å². The molecule has 0 heterocycles. The minimum absolute atomic E-state index is 0.715. The van der Waals surface area contributed by atoms with Crippen molar-refractivity contribution in [3.8, 4) is 0 Å². The molecule has 0 atom stereocenters. The van der Waals surface area contributed by atoms with Crippen LogP contribution in [0, 0.1) is 0 Å². The summed E-state index contributed by atoms with van der Waals surface area (Å²) < 4.78 is 0. The van der Waals surface area contributed by atoms with Crippen LogP contribution in [0.3, 0.4) is 0 Å². The Morgan fingerprint density at radius 3 is 2.93 bits per heavy atom. The molecule has 1 nitrogen and oxygen atoms in total. The highest BCUT2D eigenvalue weighted by atomic mass is 35.5. The summed E-state index contributed by atoms with van der Waals surface area (Å²) in [5.41, 5.74) is 8.03. The SMILES string of the molecule is CC(=CCCN)Cc1cccc(Cl)c1. The van der Waals surface area contributed by atoms with E-state index in [0.717, 1.165) is 17.9 Å². The quantitative estimate of drug-likeness (QED) is 0.758. The lowest BCUT2D eigenvalue weighted by atomic mass is 10.1. The summed E-state index contributed by atoms with van der Waals surface area (Å²) in [6.45, 7) is 2.84. The van der Waals surface area contributed by atoms with E-state index in [0.29, 0.717) is 6.54 Å². The predicted octanol–water partition coefficient (Wildman–Crippen LogP) is 3.18. The van der Waals surface area contributed by atoms with Gasteiger partial charge in [-0.3, -0.25) is 0 Å². The first kappa shape index (κ1) is 11.3. The third kappa shape index (κ3) is 3.95. The van der Waals surface area contributed by atoms with Gasteiger partial charge < -0.3 is 5.73 Å². The molecule has 0 aliphatic rings. The zero-order chi connectivity index (χ0) is 10.4. The molecule has 14 heavy (non-hydrogen) atoms. The van der Waals surface area contributed by atoms with Gasteiger partial charge >= 0.3 is 0 Å². The number of halogens is 1. The molecule has 0 aliphatic heterocycles. The number of hydrogen-bond donors (Lipinski definition) is 1. The Balaban J connectivity index is 2.60. The average molecular weight is 210 g/mol. The largest absolute Gasteiger partial charge is 0.330 e. The zero-order valence-electron chi connectivity index (χ0n) is 8.46. The molecule has 76 valence electrons. The van der Waals surface area contributed by atoms with Crippen molar-refractivity contribution < 1.29 is 0 Å². The van der Waals surface area contributed by atoms with Crippen molar-refractivity contribution in [1.82, 2.24) is 0 Å². The van der Waals surface area contributed by atoms with Crippen molar-refractivity contribution in [2.45, 2.75) is 19.8 Å². The minimum atomic E-state index is 0.715. The molecule has 0 unspecified atom stereocenters. The molecule has 0 radical (unpaired) electrons. The highest BCUT2D eigenvalue weighted by Gasteiger charge is 1.95. The van der Waals surface area contributed by atoms with Gasteiger partial charge in [-0.25, -0.2) is 0 Å². The summed E-state index contributed by atoms with van der Waals surface area (Å²) in [6, 6.07) is 7.96. The Morgan fingerprint density at radius 1 is 1.50 bits per heavy atom. The maximum Gasteiger partial charge on any atom is 0.0408 e. The molecule has 0 saturated carbocycles. The number of nitrogens with two attached hydrogens (primary N) is 1. The van der Waals surface area contributed by atoms with Crippen LogP contribution in [0.1, 0.15) is 18.9 Å². The molecular formula is C12H16ClN. The standard InChI is InChI=1S/C12H16ClN/c1-10(4-3-7-14)8-11-5-2-6-12(13)9-11/h2,4-6,9H,3,7-8,14H2,1H3. The molecule has 0 spiro atoms. The maximum absolute atomic E-state index is 5.89. The van der Waals surface area contributed by atoms with Crippen molar-refractivity contribution in [2.75, 3.05) is 6.54 Å². The van der Waals surface area contributed by atoms with Crippen molar-refractivity contribution in [3.05, 3.63) is 46.5 Å². The second kappa shape index (κ2) is 5.84. The summed E-state index contributed by atoms with van der Waals surface area (Å²) in [7, 11) is 0. The van der Waals surface area contributed by atoms with E-state index < -0.39 is 0 Å². The smallest absolute Gasteiger partial charge is 0.0408 e. The summed E-state index contributed by atoms with van der Waals surface area (Å²) in [6.07, 6.45) is 4.09. The number of rotatable bonds is 4. The fraction of sp³-hybridized carbons (Fsp3) is 0.333. The monoisotopic (exact) mass is 209 g/mol. The molecular weight excluding hydrogens is 194 g/mol. The fourth-order valence-corrected chi connectivity index (χ4v) is 1.58. The third-order valence-corrected chi connectivity index (χ3v) is 2.27. The van der Waals surface area contributed by atoms with Crippen LogP contribution in [0.2, 0.25) is 5.02 Å². The van der Waals surface area contributed by atoms with Gasteiger partial charge in [0, 0.05) is 5.02 Å². The third-order valence-electron chi connectivity index (χ3n) is 2.03. The Kier molecular flexibility index (Phi) is 4.71.